The Morgan fingerprint density at radius 2 is 1.93 bits per heavy atom. The number of rotatable bonds is 8. The number of hydrogen-bond donors (Lipinski definition) is 2. The number of amides is 2. The Bertz CT molecular complexity index is 900. The molecule has 2 amide bonds. The van der Waals surface area contributed by atoms with E-state index in [9.17, 15) is 14.4 Å². The van der Waals surface area contributed by atoms with Gasteiger partial charge in [0.1, 0.15) is 0 Å². The largest absolute Gasteiger partial charge is 0.459 e. The zero-order chi connectivity index (χ0) is 21.3. The van der Waals surface area contributed by atoms with E-state index < -0.39 is 12.1 Å². The van der Waals surface area contributed by atoms with Crippen LogP contribution in [0.5, 0.6) is 0 Å². The number of nitrogens with one attached hydrogen (secondary N) is 2. The molecule has 2 N–H and O–H groups in total. The van der Waals surface area contributed by atoms with E-state index in [1.54, 1.807) is 31.2 Å². The van der Waals surface area contributed by atoms with Crippen LogP contribution in [-0.2, 0) is 9.53 Å². The van der Waals surface area contributed by atoms with Gasteiger partial charge in [0.25, 0.3) is 11.8 Å². The van der Waals surface area contributed by atoms with Crippen LogP contribution < -0.4 is 10.6 Å². The van der Waals surface area contributed by atoms with E-state index in [1.165, 1.54) is 36.8 Å². The summed E-state index contributed by atoms with van der Waals surface area (Å²) in [4.78, 5) is 36.4. The Hall–Kier alpha value is -3.35. The van der Waals surface area contributed by atoms with Gasteiger partial charge in [-0.15, -0.1) is 0 Å². The van der Waals surface area contributed by atoms with Crippen molar-refractivity contribution in [1.29, 1.82) is 0 Å². The number of anilines is 1. The summed E-state index contributed by atoms with van der Waals surface area (Å²) in [6.07, 6.45) is 8.26. The third-order valence-electron chi connectivity index (χ3n) is 4.91. The first-order valence-electron chi connectivity index (χ1n) is 10.1. The van der Waals surface area contributed by atoms with Gasteiger partial charge in [-0.1, -0.05) is 11.6 Å². The van der Waals surface area contributed by atoms with Crippen molar-refractivity contribution in [2.24, 2.45) is 0 Å². The summed E-state index contributed by atoms with van der Waals surface area (Å²) in [5.74, 6) is -1.11. The summed E-state index contributed by atoms with van der Waals surface area (Å²) < 4.78 is 10.3. The van der Waals surface area contributed by atoms with Gasteiger partial charge in [0, 0.05) is 12.2 Å². The highest BCUT2D eigenvalue weighted by Crippen LogP contribution is 2.19. The minimum absolute atomic E-state index is 0.193. The maximum absolute atomic E-state index is 12.3. The Morgan fingerprint density at radius 3 is 2.60 bits per heavy atom. The summed E-state index contributed by atoms with van der Waals surface area (Å²) in [5.41, 5.74) is 2.18. The van der Waals surface area contributed by atoms with Gasteiger partial charge in [-0.05, 0) is 75.4 Å². The molecule has 0 saturated carbocycles. The molecule has 1 aliphatic rings. The topological polar surface area (TPSA) is 97.6 Å². The van der Waals surface area contributed by atoms with E-state index in [4.69, 9.17) is 9.15 Å². The summed E-state index contributed by atoms with van der Waals surface area (Å²) in [7, 11) is 0. The normalized spacial score (nSPS) is 14.4. The molecule has 0 unspecified atom stereocenters. The molecule has 0 spiro atoms. The molecule has 0 bridgehead atoms. The maximum atomic E-state index is 12.3. The quantitative estimate of drug-likeness (QED) is 0.505. The van der Waals surface area contributed by atoms with Crippen LogP contribution in [0.15, 0.2) is 58.7 Å². The fourth-order valence-electron chi connectivity index (χ4n) is 3.19. The highest BCUT2D eigenvalue weighted by Gasteiger charge is 2.19. The van der Waals surface area contributed by atoms with E-state index in [0.29, 0.717) is 12.2 Å². The van der Waals surface area contributed by atoms with Crippen LogP contribution in [0.4, 0.5) is 5.69 Å². The summed E-state index contributed by atoms with van der Waals surface area (Å²) in [6, 6.07) is 9.40. The van der Waals surface area contributed by atoms with Crippen LogP contribution >= 0.6 is 0 Å². The van der Waals surface area contributed by atoms with Crippen LogP contribution in [0, 0.1) is 0 Å². The molecule has 0 saturated heterocycles. The van der Waals surface area contributed by atoms with Crippen LogP contribution in [0.3, 0.4) is 0 Å². The Balaban J connectivity index is 1.44. The van der Waals surface area contributed by atoms with Crippen molar-refractivity contribution in [2.45, 2.75) is 45.1 Å². The number of carbonyl (C=O) groups excluding carboxylic acids is 3. The highest BCUT2D eigenvalue weighted by atomic mass is 16.5. The molecular weight excluding hydrogens is 384 g/mol. The van der Waals surface area contributed by atoms with Crippen molar-refractivity contribution < 1.29 is 23.5 Å². The minimum Gasteiger partial charge on any atom is -0.459 e. The lowest BCUT2D eigenvalue weighted by atomic mass is 9.97. The van der Waals surface area contributed by atoms with E-state index >= 15 is 0 Å². The maximum Gasteiger partial charge on any atom is 0.338 e. The number of furan rings is 1. The van der Waals surface area contributed by atoms with Gasteiger partial charge < -0.3 is 19.8 Å². The first kappa shape index (κ1) is 21.4. The number of carbonyl (C=O) groups is 3. The third-order valence-corrected chi connectivity index (χ3v) is 4.91. The summed E-state index contributed by atoms with van der Waals surface area (Å²) >= 11 is 0. The lowest BCUT2D eigenvalue weighted by molar-refractivity contribution is -0.129. The lowest BCUT2D eigenvalue weighted by Crippen LogP contribution is -2.36. The Kier molecular flexibility index (Phi) is 7.43. The molecule has 1 aliphatic carbocycles. The Labute approximate surface area is 175 Å². The molecular formula is C23H26N2O5. The van der Waals surface area contributed by atoms with Gasteiger partial charge in [0.2, 0.25) is 0 Å². The minimum atomic E-state index is -0.892. The van der Waals surface area contributed by atoms with Crippen LogP contribution in [0.25, 0.3) is 0 Å². The van der Waals surface area contributed by atoms with E-state index in [2.05, 4.69) is 16.7 Å². The zero-order valence-corrected chi connectivity index (χ0v) is 17.0. The smallest absolute Gasteiger partial charge is 0.338 e. The summed E-state index contributed by atoms with van der Waals surface area (Å²) in [5, 5.41) is 5.48. The van der Waals surface area contributed by atoms with Crippen molar-refractivity contribution in [2.75, 3.05) is 11.9 Å². The summed E-state index contributed by atoms with van der Waals surface area (Å²) in [6.45, 7) is 2.09. The first-order chi connectivity index (χ1) is 14.5. The predicted octanol–water partition coefficient (Wildman–Crippen LogP) is 4.08. The van der Waals surface area contributed by atoms with E-state index in [0.717, 1.165) is 19.3 Å². The first-order valence-corrected chi connectivity index (χ1v) is 10.1. The average molecular weight is 410 g/mol. The molecule has 0 radical (unpaired) electrons. The van der Waals surface area contributed by atoms with Gasteiger partial charge in [-0.3, -0.25) is 9.59 Å². The molecule has 1 aromatic carbocycles. The molecule has 3 rings (SSSR count). The van der Waals surface area contributed by atoms with Gasteiger partial charge in [-0.2, -0.15) is 0 Å². The van der Waals surface area contributed by atoms with Gasteiger partial charge >= 0.3 is 5.97 Å². The molecule has 30 heavy (non-hydrogen) atoms. The third kappa shape index (κ3) is 6.07. The molecule has 0 aliphatic heterocycles. The fraction of sp³-hybridized carbons (Fsp3) is 0.348. The zero-order valence-electron chi connectivity index (χ0n) is 17.0. The SMILES string of the molecule is C[C@H](OC(=O)c1ccc(NC(=O)c2ccco2)cc1)C(=O)NCCC1=CCCCC1. The van der Waals surface area contributed by atoms with Crippen molar-refractivity contribution in [3.8, 4) is 0 Å². The fourth-order valence-corrected chi connectivity index (χ4v) is 3.19. The van der Waals surface area contributed by atoms with Crippen molar-refractivity contribution in [1.82, 2.24) is 5.32 Å². The number of allylic oxidation sites excluding steroid dienone is 1. The predicted molar refractivity (Wildman–Crippen MR) is 112 cm³/mol. The van der Waals surface area contributed by atoms with Crippen molar-refractivity contribution in [3.63, 3.8) is 0 Å². The molecule has 2 aromatic rings. The standard InChI is InChI=1S/C23H26N2O5/c1-16(21(26)24-14-13-17-6-3-2-4-7-17)30-23(28)18-9-11-19(12-10-18)25-22(27)20-8-5-15-29-20/h5-6,8-12,15-16H,2-4,7,13-14H2,1H3,(H,24,26)(H,25,27)/t16-/m0/s1. The van der Waals surface area contributed by atoms with Crippen LogP contribution in [0.2, 0.25) is 0 Å². The second kappa shape index (κ2) is 10.4. The Morgan fingerprint density at radius 1 is 1.13 bits per heavy atom. The average Bonchev–Trinajstić information content (AvgIpc) is 3.30. The number of ether oxygens (including phenoxy) is 1. The van der Waals surface area contributed by atoms with Gasteiger partial charge in [0.05, 0.1) is 11.8 Å². The molecule has 1 heterocycles. The van der Waals surface area contributed by atoms with Crippen LogP contribution in [-0.4, -0.2) is 30.4 Å². The van der Waals surface area contributed by atoms with Gasteiger partial charge in [-0.25, -0.2) is 4.79 Å². The molecule has 1 atom stereocenters. The van der Waals surface area contributed by atoms with Crippen LogP contribution in [0.1, 0.15) is 59.9 Å². The van der Waals surface area contributed by atoms with Gasteiger partial charge in [0.15, 0.2) is 11.9 Å². The lowest BCUT2D eigenvalue weighted by Gasteiger charge is -2.15. The number of benzene rings is 1. The second-order valence-corrected chi connectivity index (χ2v) is 7.21. The van der Waals surface area contributed by atoms with Crippen molar-refractivity contribution in [3.05, 3.63) is 65.6 Å². The molecule has 158 valence electrons. The molecule has 0 fully saturated rings. The van der Waals surface area contributed by atoms with E-state index in [1.807, 2.05) is 0 Å². The molecule has 1 aromatic heterocycles. The second-order valence-electron chi connectivity index (χ2n) is 7.21. The monoisotopic (exact) mass is 410 g/mol. The molecule has 7 nitrogen and oxygen atoms in total. The van der Waals surface area contributed by atoms with Crippen molar-refractivity contribution >= 4 is 23.5 Å². The number of esters is 1. The molecule has 7 heteroatoms. The highest BCUT2D eigenvalue weighted by molar-refractivity contribution is 6.02. The number of hydrogen-bond acceptors (Lipinski definition) is 5. The van der Waals surface area contributed by atoms with E-state index in [-0.39, 0.29) is 23.1 Å².